The van der Waals surface area contributed by atoms with Crippen molar-refractivity contribution >= 4 is 51.3 Å². The molecular weight excluding hydrogens is 456 g/mol. The first-order valence-corrected chi connectivity index (χ1v) is 12.3. The summed E-state index contributed by atoms with van der Waals surface area (Å²) in [5.74, 6) is 0.954. The van der Waals surface area contributed by atoms with Crippen LogP contribution in [0.25, 0.3) is 11.0 Å². The van der Waals surface area contributed by atoms with E-state index in [1.54, 1.807) is 10.9 Å². The number of hydrogen-bond donors (Lipinski definition) is 1. The van der Waals surface area contributed by atoms with Gasteiger partial charge in [-0.3, -0.25) is 9.59 Å². The summed E-state index contributed by atoms with van der Waals surface area (Å²) in [6, 6.07) is 13.1. The Balaban J connectivity index is 1.43. The first-order valence-electron chi connectivity index (χ1n) is 10.9. The highest BCUT2D eigenvalue weighted by molar-refractivity contribution is 7.07. The molecule has 4 aromatic rings. The summed E-state index contributed by atoms with van der Waals surface area (Å²) in [7, 11) is 0. The second-order valence-corrected chi connectivity index (χ2v) is 9.69. The quantitative estimate of drug-likeness (QED) is 0.351. The highest BCUT2D eigenvalue weighted by Crippen LogP contribution is 2.33. The molecule has 0 radical (unpaired) electrons. The monoisotopic (exact) mass is 478 g/mol. The molecule has 168 valence electrons. The van der Waals surface area contributed by atoms with Crippen LogP contribution in [0.2, 0.25) is 5.02 Å². The van der Waals surface area contributed by atoms with Crippen LogP contribution in [0, 0.1) is 5.92 Å². The average Bonchev–Trinajstić information content (AvgIpc) is 3.33. The number of imidazole rings is 1. The zero-order valence-corrected chi connectivity index (χ0v) is 19.7. The van der Waals surface area contributed by atoms with Gasteiger partial charge in [-0.2, -0.15) is 0 Å². The van der Waals surface area contributed by atoms with Crippen molar-refractivity contribution in [1.29, 1.82) is 0 Å². The van der Waals surface area contributed by atoms with E-state index < -0.39 is 0 Å². The van der Waals surface area contributed by atoms with E-state index in [4.69, 9.17) is 16.6 Å². The molecule has 0 saturated heterocycles. The van der Waals surface area contributed by atoms with Crippen molar-refractivity contribution in [2.45, 2.75) is 38.6 Å². The molecule has 8 heteroatoms. The van der Waals surface area contributed by atoms with E-state index in [1.165, 1.54) is 24.2 Å². The molecule has 5 rings (SSSR count). The second-order valence-electron chi connectivity index (χ2n) is 8.53. The van der Waals surface area contributed by atoms with Gasteiger partial charge in [-0.1, -0.05) is 30.7 Å². The molecule has 2 aromatic heterocycles. The molecule has 0 aliphatic heterocycles. The standard InChI is InChI=1S/C25H23ClN4O2S/c1-15(17-3-2-4-18(26)9-17)23(31)11-24-29-20-8-7-19(28-25(32)21-13-33-14-27-21)10-22(20)30(24)12-16-5-6-16/h2-4,7-10,13-16H,5-6,11-12H2,1H3,(H,28,32). The van der Waals surface area contributed by atoms with E-state index >= 15 is 0 Å². The number of Topliss-reactive ketones (excluding diaryl/α,β-unsaturated/α-hetero) is 1. The van der Waals surface area contributed by atoms with Crippen LogP contribution in [0.1, 0.15) is 47.6 Å². The van der Waals surface area contributed by atoms with Crippen LogP contribution in [0.3, 0.4) is 0 Å². The van der Waals surface area contributed by atoms with E-state index in [0.29, 0.717) is 22.3 Å². The summed E-state index contributed by atoms with van der Waals surface area (Å²) >= 11 is 7.50. The number of hydrogen-bond acceptors (Lipinski definition) is 5. The minimum absolute atomic E-state index is 0.0988. The van der Waals surface area contributed by atoms with Gasteiger partial charge in [0.05, 0.1) is 23.0 Å². The van der Waals surface area contributed by atoms with Gasteiger partial charge in [-0.25, -0.2) is 9.97 Å². The smallest absolute Gasteiger partial charge is 0.275 e. The average molecular weight is 479 g/mol. The maximum atomic E-state index is 13.1. The third-order valence-electron chi connectivity index (χ3n) is 6.05. The van der Waals surface area contributed by atoms with Crippen molar-refractivity contribution in [2.24, 2.45) is 5.92 Å². The summed E-state index contributed by atoms with van der Waals surface area (Å²) in [5.41, 5.74) is 5.37. The number of aromatic nitrogens is 3. The van der Waals surface area contributed by atoms with Crippen molar-refractivity contribution in [3.8, 4) is 0 Å². The van der Waals surface area contributed by atoms with Crippen LogP contribution < -0.4 is 5.32 Å². The Labute approximate surface area is 200 Å². The van der Waals surface area contributed by atoms with Gasteiger partial charge in [0.15, 0.2) is 0 Å². The normalized spacial score (nSPS) is 14.4. The lowest BCUT2D eigenvalue weighted by Crippen LogP contribution is -2.16. The number of nitrogens with one attached hydrogen (secondary N) is 1. The van der Waals surface area contributed by atoms with Crippen LogP contribution in [0.4, 0.5) is 5.69 Å². The van der Waals surface area contributed by atoms with Gasteiger partial charge in [-0.15, -0.1) is 11.3 Å². The lowest BCUT2D eigenvalue weighted by Gasteiger charge is -2.13. The van der Waals surface area contributed by atoms with E-state index in [0.717, 1.165) is 29.0 Å². The highest BCUT2D eigenvalue weighted by Gasteiger charge is 2.26. The molecule has 1 aliphatic carbocycles. The molecule has 1 atom stereocenters. The zero-order valence-electron chi connectivity index (χ0n) is 18.1. The molecule has 1 aliphatic rings. The largest absolute Gasteiger partial charge is 0.327 e. The van der Waals surface area contributed by atoms with Gasteiger partial charge in [0.25, 0.3) is 5.91 Å². The van der Waals surface area contributed by atoms with Gasteiger partial charge in [0, 0.05) is 28.6 Å². The number of amides is 1. The van der Waals surface area contributed by atoms with Crippen LogP contribution in [-0.2, 0) is 17.8 Å². The SMILES string of the molecule is CC(C(=O)Cc1nc2ccc(NC(=O)c3cscn3)cc2n1CC1CC1)c1cccc(Cl)c1. The molecule has 1 fully saturated rings. The number of thiazole rings is 1. The lowest BCUT2D eigenvalue weighted by atomic mass is 9.95. The zero-order chi connectivity index (χ0) is 22.9. The molecule has 1 saturated carbocycles. The fraction of sp³-hybridized carbons (Fsp3) is 0.280. The fourth-order valence-electron chi connectivity index (χ4n) is 3.94. The predicted molar refractivity (Wildman–Crippen MR) is 131 cm³/mol. The van der Waals surface area contributed by atoms with Gasteiger partial charge in [0.2, 0.25) is 0 Å². The van der Waals surface area contributed by atoms with Gasteiger partial charge in [-0.05, 0) is 54.7 Å². The van der Waals surface area contributed by atoms with E-state index in [1.807, 2.05) is 49.4 Å². The number of fused-ring (bicyclic) bond motifs is 1. The Kier molecular flexibility index (Phi) is 6.00. The molecule has 0 spiro atoms. The molecule has 1 amide bonds. The first-order chi connectivity index (χ1) is 16.0. The maximum Gasteiger partial charge on any atom is 0.275 e. The number of carbonyl (C=O) groups is 2. The number of rotatable bonds is 8. The fourth-order valence-corrected chi connectivity index (χ4v) is 4.67. The Morgan fingerprint density at radius 3 is 2.82 bits per heavy atom. The number of nitrogens with zero attached hydrogens (tertiary/aromatic N) is 3. The summed E-state index contributed by atoms with van der Waals surface area (Å²) in [4.78, 5) is 34.4. The molecule has 1 unspecified atom stereocenters. The summed E-state index contributed by atoms with van der Waals surface area (Å²) in [6.07, 6.45) is 2.62. The molecule has 33 heavy (non-hydrogen) atoms. The number of carbonyl (C=O) groups excluding carboxylic acids is 2. The predicted octanol–water partition coefficient (Wildman–Crippen LogP) is 5.72. The van der Waals surface area contributed by atoms with Gasteiger partial charge < -0.3 is 9.88 Å². The van der Waals surface area contributed by atoms with E-state index in [2.05, 4.69) is 14.9 Å². The Morgan fingerprint density at radius 2 is 2.09 bits per heavy atom. The van der Waals surface area contributed by atoms with Gasteiger partial charge in [0.1, 0.15) is 17.3 Å². The van der Waals surface area contributed by atoms with Gasteiger partial charge >= 0.3 is 0 Å². The lowest BCUT2D eigenvalue weighted by molar-refractivity contribution is -0.119. The van der Waals surface area contributed by atoms with E-state index in [-0.39, 0.29) is 24.0 Å². The molecule has 1 N–H and O–H groups in total. The minimum atomic E-state index is -0.272. The van der Waals surface area contributed by atoms with E-state index in [9.17, 15) is 9.59 Å². The Bertz CT molecular complexity index is 1330. The van der Waals surface area contributed by atoms with Crippen molar-refractivity contribution in [3.63, 3.8) is 0 Å². The number of anilines is 1. The Morgan fingerprint density at radius 1 is 1.24 bits per heavy atom. The maximum absolute atomic E-state index is 13.1. The molecule has 6 nitrogen and oxygen atoms in total. The third-order valence-corrected chi connectivity index (χ3v) is 6.87. The third kappa shape index (κ3) is 4.84. The highest BCUT2D eigenvalue weighted by atomic mass is 35.5. The van der Waals surface area contributed by atoms with Crippen molar-refractivity contribution in [2.75, 3.05) is 5.32 Å². The molecular formula is C25H23ClN4O2S. The van der Waals surface area contributed by atoms with Crippen LogP contribution in [-0.4, -0.2) is 26.2 Å². The molecule has 2 aromatic carbocycles. The number of ketones is 1. The molecule has 0 bridgehead atoms. The second kappa shape index (κ2) is 9.08. The number of halogens is 1. The summed E-state index contributed by atoms with van der Waals surface area (Å²) < 4.78 is 2.15. The van der Waals surface area contributed by atoms with Crippen molar-refractivity contribution in [3.05, 3.63) is 75.5 Å². The van der Waals surface area contributed by atoms with Crippen LogP contribution in [0.15, 0.2) is 53.4 Å². The summed E-state index contributed by atoms with van der Waals surface area (Å²) in [6.45, 7) is 2.74. The van der Waals surface area contributed by atoms with Crippen LogP contribution in [0.5, 0.6) is 0 Å². The summed E-state index contributed by atoms with van der Waals surface area (Å²) in [5, 5.41) is 5.26. The Hall–Kier alpha value is -3.03. The first kappa shape index (κ1) is 21.8. The van der Waals surface area contributed by atoms with Crippen molar-refractivity contribution in [1.82, 2.24) is 14.5 Å². The van der Waals surface area contributed by atoms with Crippen LogP contribution >= 0.6 is 22.9 Å². The minimum Gasteiger partial charge on any atom is -0.327 e. The van der Waals surface area contributed by atoms with Crippen molar-refractivity contribution < 1.29 is 9.59 Å². The molecule has 2 heterocycles. The topological polar surface area (TPSA) is 76.9 Å². The number of benzene rings is 2.